The monoisotopic (exact) mass is 254 g/mol. The van der Waals surface area contributed by atoms with E-state index in [1.165, 1.54) is 0 Å². The molecule has 0 radical (unpaired) electrons. The third-order valence-corrected chi connectivity index (χ3v) is 2.79. The second-order valence-corrected chi connectivity index (χ2v) is 4.25. The van der Waals surface area contributed by atoms with Gasteiger partial charge in [-0.2, -0.15) is 0 Å². The molecule has 0 atom stereocenters. The summed E-state index contributed by atoms with van der Waals surface area (Å²) in [5.74, 6) is 0.0637. The first-order valence-electron chi connectivity index (χ1n) is 4.50. The molecule has 0 spiro atoms. The maximum absolute atomic E-state index is 11.3. The number of fused-ring (bicyclic) bond motifs is 1. The lowest BCUT2D eigenvalue weighted by molar-refractivity contribution is -0.115. The normalized spacial score (nSPS) is 15.1. The van der Waals surface area contributed by atoms with Crippen LogP contribution in [0.4, 0.5) is 11.4 Å². The van der Waals surface area contributed by atoms with Crippen LogP contribution >= 0.6 is 15.9 Å². The summed E-state index contributed by atoms with van der Waals surface area (Å²) in [6, 6.07) is 4.00. The van der Waals surface area contributed by atoms with Gasteiger partial charge in [0, 0.05) is 17.4 Å². The van der Waals surface area contributed by atoms with Gasteiger partial charge in [0.1, 0.15) is 0 Å². The first kappa shape index (κ1) is 9.52. The lowest BCUT2D eigenvalue weighted by Gasteiger charge is -2.10. The Morgan fingerprint density at radius 3 is 3.00 bits per heavy atom. The van der Waals surface area contributed by atoms with E-state index in [9.17, 15) is 4.79 Å². The summed E-state index contributed by atoms with van der Waals surface area (Å²) in [5.41, 5.74) is 2.96. The lowest BCUT2D eigenvalue weighted by Crippen LogP contribution is -2.10. The number of rotatable bonds is 0. The molecule has 1 aromatic rings. The minimum atomic E-state index is 0.0637. The molecular formula is C10H11BrN2O. The fourth-order valence-corrected chi connectivity index (χ4v) is 2.25. The zero-order chi connectivity index (χ0) is 10.1. The van der Waals surface area contributed by atoms with E-state index in [0.29, 0.717) is 13.0 Å². The Kier molecular flexibility index (Phi) is 2.46. The molecular weight excluding hydrogens is 244 g/mol. The second kappa shape index (κ2) is 3.61. The predicted molar refractivity (Wildman–Crippen MR) is 60.6 cm³/mol. The van der Waals surface area contributed by atoms with E-state index in [1.54, 1.807) is 0 Å². The number of benzene rings is 1. The summed E-state index contributed by atoms with van der Waals surface area (Å²) in [7, 11) is 0. The molecule has 0 aliphatic carbocycles. The summed E-state index contributed by atoms with van der Waals surface area (Å²) in [5, 5.41) is 6.09. The van der Waals surface area contributed by atoms with Crippen LogP contribution in [0.5, 0.6) is 0 Å². The maximum Gasteiger partial charge on any atom is 0.226 e. The molecule has 1 aliphatic rings. The van der Waals surface area contributed by atoms with E-state index in [0.717, 1.165) is 21.4 Å². The van der Waals surface area contributed by atoms with E-state index in [-0.39, 0.29) is 5.91 Å². The fourth-order valence-electron chi connectivity index (χ4n) is 1.53. The lowest BCUT2D eigenvalue weighted by atomic mass is 10.2. The highest BCUT2D eigenvalue weighted by Gasteiger charge is 2.14. The van der Waals surface area contributed by atoms with Crippen molar-refractivity contribution >= 4 is 33.2 Å². The number of carbonyl (C=O) groups excluding carboxylic acids is 1. The van der Waals surface area contributed by atoms with Gasteiger partial charge in [-0.1, -0.05) is 0 Å². The molecule has 74 valence electrons. The van der Waals surface area contributed by atoms with Crippen LogP contribution in [0.15, 0.2) is 16.6 Å². The number of halogens is 1. The first-order chi connectivity index (χ1) is 6.66. The summed E-state index contributed by atoms with van der Waals surface area (Å²) in [6.45, 7) is 2.68. The van der Waals surface area contributed by atoms with E-state index in [2.05, 4.69) is 26.6 Å². The largest absolute Gasteiger partial charge is 0.382 e. The summed E-state index contributed by atoms with van der Waals surface area (Å²) < 4.78 is 0.995. The van der Waals surface area contributed by atoms with Crippen molar-refractivity contribution in [1.29, 1.82) is 0 Å². The smallest absolute Gasteiger partial charge is 0.226 e. The van der Waals surface area contributed by atoms with E-state index >= 15 is 0 Å². The van der Waals surface area contributed by atoms with Gasteiger partial charge in [-0.15, -0.1) is 0 Å². The molecule has 0 fully saturated rings. The Balaban J connectivity index is 2.50. The fraction of sp³-hybridized carbons (Fsp3) is 0.300. The molecule has 0 aromatic heterocycles. The van der Waals surface area contributed by atoms with Gasteiger partial charge >= 0.3 is 0 Å². The third-order valence-electron chi connectivity index (χ3n) is 2.16. The van der Waals surface area contributed by atoms with Gasteiger partial charge in [-0.25, -0.2) is 0 Å². The van der Waals surface area contributed by atoms with Crippen molar-refractivity contribution in [2.75, 3.05) is 17.2 Å². The minimum Gasteiger partial charge on any atom is -0.382 e. The molecule has 2 rings (SSSR count). The van der Waals surface area contributed by atoms with Gasteiger partial charge in [0.05, 0.1) is 11.4 Å². The van der Waals surface area contributed by atoms with Gasteiger partial charge in [-0.3, -0.25) is 4.79 Å². The van der Waals surface area contributed by atoms with E-state index in [4.69, 9.17) is 0 Å². The van der Waals surface area contributed by atoms with Crippen LogP contribution in [0.3, 0.4) is 0 Å². The molecule has 0 saturated carbocycles. The minimum absolute atomic E-state index is 0.0637. The average molecular weight is 255 g/mol. The van der Waals surface area contributed by atoms with Gasteiger partial charge in [0.15, 0.2) is 0 Å². The molecule has 14 heavy (non-hydrogen) atoms. The molecule has 4 heteroatoms. The highest BCUT2D eigenvalue weighted by molar-refractivity contribution is 9.10. The Hall–Kier alpha value is -1.03. The van der Waals surface area contributed by atoms with Crippen LogP contribution in [0.2, 0.25) is 0 Å². The quantitative estimate of drug-likeness (QED) is 0.747. The SMILES string of the molecule is Cc1cc(Br)c2c(c1)NC(=O)CCN2. The highest BCUT2D eigenvalue weighted by atomic mass is 79.9. The number of carbonyl (C=O) groups is 1. The van der Waals surface area contributed by atoms with Crippen LogP contribution < -0.4 is 10.6 Å². The Morgan fingerprint density at radius 2 is 2.21 bits per heavy atom. The van der Waals surface area contributed by atoms with Gasteiger partial charge in [0.2, 0.25) is 5.91 Å². The zero-order valence-electron chi connectivity index (χ0n) is 7.86. The molecule has 0 bridgehead atoms. The number of anilines is 2. The third kappa shape index (κ3) is 1.75. The predicted octanol–water partition coefficient (Wildman–Crippen LogP) is 2.51. The van der Waals surface area contributed by atoms with Crippen LogP contribution in [-0.2, 0) is 4.79 Å². The van der Waals surface area contributed by atoms with Gasteiger partial charge < -0.3 is 10.6 Å². The molecule has 2 N–H and O–H groups in total. The van der Waals surface area contributed by atoms with Crippen molar-refractivity contribution in [3.63, 3.8) is 0 Å². The molecule has 1 heterocycles. The number of amides is 1. The summed E-state index contributed by atoms with van der Waals surface area (Å²) in [4.78, 5) is 11.3. The van der Waals surface area contributed by atoms with Crippen molar-refractivity contribution in [1.82, 2.24) is 0 Å². The standard InChI is InChI=1S/C10H11BrN2O/c1-6-4-7(11)10-8(5-6)13-9(14)2-3-12-10/h4-5,12H,2-3H2,1H3,(H,13,14). The molecule has 0 unspecified atom stereocenters. The average Bonchev–Trinajstić information content (AvgIpc) is 2.25. The van der Waals surface area contributed by atoms with Crippen molar-refractivity contribution in [2.45, 2.75) is 13.3 Å². The van der Waals surface area contributed by atoms with Crippen molar-refractivity contribution in [2.24, 2.45) is 0 Å². The molecule has 0 saturated heterocycles. The molecule has 1 amide bonds. The second-order valence-electron chi connectivity index (χ2n) is 3.39. The Morgan fingerprint density at radius 1 is 1.43 bits per heavy atom. The van der Waals surface area contributed by atoms with Crippen molar-refractivity contribution < 1.29 is 4.79 Å². The maximum atomic E-state index is 11.3. The van der Waals surface area contributed by atoms with Crippen molar-refractivity contribution in [3.05, 3.63) is 22.2 Å². The van der Waals surface area contributed by atoms with Gasteiger partial charge in [0.25, 0.3) is 0 Å². The number of hydrogen-bond acceptors (Lipinski definition) is 2. The molecule has 3 nitrogen and oxygen atoms in total. The van der Waals surface area contributed by atoms with E-state index in [1.807, 2.05) is 19.1 Å². The van der Waals surface area contributed by atoms with Crippen LogP contribution in [0.1, 0.15) is 12.0 Å². The van der Waals surface area contributed by atoms with Crippen molar-refractivity contribution in [3.8, 4) is 0 Å². The summed E-state index contributed by atoms with van der Waals surface area (Å²) >= 11 is 3.47. The topological polar surface area (TPSA) is 41.1 Å². The van der Waals surface area contributed by atoms with Crippen LogP contribution in [-0.4, -0.2) is 12.5 Å². The highest BCUT2D eigenvalue weighted by Crippen LogP contribution is 2.33. The molecule has 1 aliphatic heterocycles. The molecule has 1 aromatic carbocycles. The Labute approximate surface area is 91.0 Å². The first-order valence-corrected chi connectivity index (χ1v) is 5.30. The Bertz CT molecular complexity index is 390. The van der Waals surface area contributed by atoms with Crippen LogP contribution in [0, 0.1) is 6.92 Å². The van der Waals surface area contributed by atoms with Gasteiger partial charge in [-0.05, 0) is 40.5 Å². The zero-order valence-corrected chi connectivity index (χ0v) is 9.44. The number of nitrogens with one attached hydrogen (secondary N) is 2. The summed E-state index contributed by atoms with van der Waals surface area (Å²) in [6.07, 6.45) is 0.514. The number of aryl methyl sites for hydroxylation is 1. The van der Waals surface area contributed by atoms with E-state index < -0.39 is 0 Å². The van der Waals surface area contributed by atoms with Crippen LogP contribution in [0.25, 0.3) is 0 Å². The number of hydrogen-bond donors (Lipinski definition) is 2.